The van der Waals surface area contributed by atoms with Gasteiger partial charge in [0.1, 0.15) is 5.82 Å². The zero-order chi connectivity index (χ0) is 15.5. The largest absolute Gasteiger partial charge is 0.258 e. The van der Waals surface area contributed by atoms with Crippen molar-refractivity contribution < 1.29 is 4.39 Å². The molecule has 0 radical (unpaired) electrons. The van der Waals surface area contributed by atoms with Crippen molar-refractivity contribution in [3.8, 4) is 11.4 Å². The predicted octanol–water partition coefficient (Wildman–Crippen LogP) is 5.21. The van der Waals surface area contributed by atoms with E-state index in [1.165, 1.54) is 23.9 Å². The molecule has 112 valence electrons. The van der Waals surface area contributed by atoms with E-state index in [1.54, 1.807) is 30.3 Å². The highest BCUT2D eigenvalue weighted by molar-refractivity contribution is 7.98. The molecule has 0 saturated heterocycles. The highest BCUT2D eigenvalue weighted by atomic mass is 35.5. The Labute approximate surface area is 140 Å². The molecule has 0 spiro atoms. The summed E-state index contributed by atoms with van der Waals surface area (Å²) in [4.78, 5) is 4.40. The molecule has 22 heavy (non-hydrogen) atoms. The fourth-order valence-corrected chi connectivity index (χ4v) is 3.09. The Hall–Kier alpha value is -1.56. The van der Waals surface area contributed by atoms with E-state index in [1.807, 2.05) is 0 Å². The smallest absolute Gasteiger partial charge is 0.209 e. The molecule has 0 atom stereocenters. The summed E-state index contributed by atoms with van der Waals surface area (Å²) in [7, 11) is 0. The first-order valence-corrected chi connectivity index (χ1v) is 8.11. The number of aromatic nitrogens is 3. The van der Waals surface area contributed by atoms with Crippen molar-refractivity contribution in [2.75, 3.05) is 0 Å². The molecule has 2 aromatic carbocycles. The molecule has 3 rings (SSSR count). The van der Waals surface area contributed by atoms with E-state index in [0.29, 0.717) is 26.8 Å². The maximum absolute atomic E-state index is 12.8. The van der Waals surface area contributed by atoms with Crippen LogP contribution in [0.25, 0.3) is 11.4 Å². The van der Waals surface area contributed by atoms with Gasteiger partial charge in [-0.3, -0.25) is 5.10 Å². The fourth-order valence-electron chi connectivity index (χ4n) is 1.84. The van der Waals surface area contributed by atoms with Crippen LogP contribution in [-0.4, -0.2) is 15.2 Å². The lowest BCUT2D eigenvalue weighted by Gasteiger charge is -2.00. The molecule has 1 aromatic heterocycles. The molecule has 3 aromatic rings. The quantitative estimate of drug-likeness (QED) is 0.654. The average Bonchev–Trinajstić information content (AvgIpc) is 2.95. The summed E-state index contributed by atoms with van der Waals surface area (Å²) in [6.07, 6.45) is 0. The minimum atomic E-state index is -0.244. The lowest BCUT2D eigenvalue weighted by Crippen LogP contribution is -1.83. The summed E-state index contributed by atoms with van der Waals surface area (Å²) in [5.41, 5.74) is 1.74. The summed E-state index contributed by atoms with van der Waals surface area (Å²) >= 11 is 13.5. The Bertz CT molecular complexity index is 790. The maximum atomic E-state index is 12.8. The van der Waals surface area contributed by atoms with Crippen molar-refractivity contribution in [2.24, 2.45) is 0 Å². The van der Waals surface area contributed by atoms with Gasteiger partial charge in [0.25, 0.3) is 0 Å². The Morgan fingerprint density at radius 3 is 2.59 bits per heavy atom. The number of thioether (sulfide) groups is 1. The predicted molar refractivity (Wildman–Crippen MR) is 87.8 cm³/mol. The van der Waals surface area contributed by atoms with Crippen LogP contribution >= 0.6 is 35.0 Å². The van der Waals surface area contributed by atoms with E-state index in [2.05, 4.69) is 15.2 Å². The van der Waals surface area contributed by atoms with Gasteiger partial charge in [-0.2, -0.15) is 0 Å². The molecule has 0 bridgehead atoms. The molecule has 0 unspecified atom stereocenters. The van der Waals surface area contributed by atoms with Crippen molar-refractivity contribution in [1.29, 1.82) is 0 Å². The molecular weight excluding hydrogens is 344 g/mol. The van der Waals surface area contributed by atoms with Crippen LogP contribution in [0, 0.1) is 5.82 Å². The molecule has 0 fully saturated rings. The number of hydrogen-bond acceptors (Lipinski definition) is 3. The van der Waals surface area contributed by atoms with Gasteiger partial charge in [0.15, 0.2) is 5.82 Å². The Morgan fingerprint density at radius 2 is 1.86 bits per heavy atom. The van der Waals surface area contributed by atoms with Gasteiger partial charge in [-0.25, -0.2) is 9.37 Å². The normalized spacial score (nSPS) is 10.9. The number of benzene rings is 2. The highest BCUT2D eigenvalue weighted by Crippen LogP contribution is 2.29. The number of halogens is 3. The summed E-state index contributed by atoms with van der Waals surface area (Å²) < 4.78 is 12.8. The van der Waals surface area contributed by atoms with E-state index in [9.17, 15) is 4.39 Å². The first-order valence-electron chi connectivity index (χ1n) is 6.37. The molecule has 7 heteroatoms. The Kier molecular flexibility index (Phi) is 4.66. The Morgan fingerprint density at radius 1 is 1.09 bits per heavy atom. The SMILES string of the molecule is Fc1ccc(CSc2n[nH]c(-c3ccc(Cl)cc3Cl)n2)cc1. The van der Waals surface area contributed by atoms with Gasteiger partial charge < -0.3 is 0 Å². The maximum Gasteiger partial charge on any atom is 0.209 e. The standard InChI is InChI=1S/C15H10Cl2FN3S/c16-10-3-6-12(13(17)7-10)14-19-15(21-20-14)22-8-9-1-4-11(18)5-2-9/h1-7H,8H2,(H,19,20,21). The zero-order valence-electron chi connectivity index (χ0n) is 11.2. The average molecular weight is 354 g/mol. The van der Waals surface area contributed by atoms with Gasteiger partial charge in [0.2, 0.25) is 5.16 Å². The Balaban J connectivity index is 1.72. The van der Waals surface area contributed by atoms with Crippen LogP contribution in [0.5, 0.6) is 0 Å². The van der Waals surface area contributed by atoms with Crippen molar-refractivity contribution >= 4 is 35.0 Å². The highest BCUT2D eigenvalue weighted by Gasteiger charge is 2.10. The number of nitrogens with zero attached hydrogens (tertiary/aromatic N) is 2. The van der Waals surface area contributed by atoms with Crippen LogP contribution in [-0.2, 0) is 5.75 Å². The minimum absolute atomic E-state index is 0.244. The van der Waals surface area contributed by atoms with Crippen molar-refractivity contribution in [3.63, 3.8) is 0 Å². The zero-order valence-corrected chi connectivity index (χ0v) is 13.5. The number of nitrogens with one attached hydrogen (secondary N) is 1. The number of H-pyrrole nitrogens is 1. The van der Waals surface area contributed by atoms with Crippen molar-refractivity contribution in [3.05, 3.63) is 63.9 Å². The third kappa shape index (κ3) is 3.61. The van der Waals surface area contributed by atoms with Crippen molar-refractivity contribution in [2.45, 2.75) is 10.9 Å². The fraction of sp³-hybridized carbons (Fsp3) is 0.0667. The monoisotopic (exact) mass is 353 g/mol. The third-order valence-electron chi connectivity index (χ3n) is 2.93. The van der Waals surface area contributed by atoms with Gasteiger partial charge in [-0.1, -0.05) is 47.1 Å². The van der Waals surface area contributed by atoms with E-state index in [-0.39, 0.29) is 5.82 Å². The summed E-state index contributed by atoms with van der Waals surface area (Å²) in [5, 5.41) is 8.69. The molecule has 0 saturated carbocycles. The lowest BCUT2D eigenvalue weighted by molar-refractivity contribution is 0.627. The van der Waals surface area contributed by atoms with E-state index >= 15 is 0 Å². The molecule has 1 N–H and O–H groups in total. The second-order valence-corrected chi connectivity index (χ2v) is 6.29. The molecule has 0 aliphatic rings. The topological polar surface area (TPSA) is 41.6 Å². The number of aromatic amines is 1. The minimum Gasteiger partial charge on any atom is -0.258 e. The first kappa shape index (κ1) is 15.3. The molecular formula is C15H10Cl2FN3S. The lowest BCUT2D eigenvalue weighted by atomic mass is 10.2. The van der Waals surface area contributed by atoms with Gasteiger partial charge in [0, 0.05) is 16.3 Å². The van der Waals surface area contributed by atoms with Crippen LogP contribution in [0.2, 0.25) is 10.0 Å². The van der Waals surface area contributed by atoms with Gasteiger partial charge >= 0.3 is 0 Å². The second-order valence-electron chi connectivity index (χ2n) is 4.51. The summed E-state index contributed by atoms with van der Waals surface area (Å²) in [6, 6.07) is 11.6. The van der Waals surface area contributed by atoms with Crippen LogP contribution in [0.4, 0.5) is 4.39 Å². The van der Waals surface area contributed by atoms with Gasteiger partial charge in [0.05, 0.1) is 5.02 Å². The first-order chi connectivity index (χ1) is 10.6. The second kappa shape index (κ2) is 6.69. The summed E-state index contributed by atoms with van der Waals surface area (Å²) in [6.45, 7) is 0. The van der Waals surface area contributed by atoms with Crippen molar-refractivity contribution in [1.82, 2.24) is 15.2 Å². The van der Waals surface area contributed by atoms with E-state index < -0.39 is 0 Å². The van der Waals surface area contributed by atoms with Crippen LogP contribution in [0.1, 0.15) is 5.56 Å². The molecule has 0 aliphatic carbocycles. The van der Waals surface area contributed by atoms with Crippen LogP contribution < -0.4 is 0 Å². The number of hydrogen-bond donors (Lipinski definition) is 1. The summed E-state index contributed by atoms with van der Waals surface area (Å²) in [5.74, 6) is 1.00. The molecule has 0 amide bonds. The van der Waals surface area contributed by atoms with Crippen LogP contribution in [0.3, 0.4) is 0 Å². The third-order valence-corrected chi connectivity index (χ3v) is 4.40. The number of rotatable bonds is 4. The van der Waals surface area contributed by atoms with E-state index in [4.69, 9.17) is 23.2 Å². The van der Waals surface area contributed by atoms with Gasteiger partial charge in [-0.05, 0) is 35.9 Å². The molecule has 3 nitrogen and oxygen atoms in total. The van der Waals surface area contributed by atoms with Gasteiger partial charge in [-0.15, -0.1) is 5.10 Å². The molecule has 1 heterocycles. The van der Waals surface area contributed by atoms with E-state index in [0.717, 1.165) is 11.1 Å². The van der Waals surface area contributed by atoms with Crippen LogP contribution in [0.15, 0.2) is 47.6 Å². The molecule has 0 aliphatic heterocycles.